The standard InChI is InChI=1S/C19H16N2O2/c1-12-7-8-14(13(2)11-12)17(22)9-10-18-20-16-6-4-3-5-15(16)19(23)21-18/h3-11H,1-2H3,(H,20,21,23)/b10-9+. The molecule has 0 aliphatic carbocycles. The first-order chi connectivity index (χ1) is 11.0. The number of fused-ring (bicyclic) bond motifs is 1. The maximum atomic E-state index is 12.3. The Morgan fingerprint density at radius 3 is 2.70 bits per heavy atom. The van der Waals surface area contributed by atoms with Gasteiger partial charge in [-0.25, -0.2) is 4.98 Å². The first kappa shape index (κ1) is 14.9. The van der Waals surface area contributed by atoms with Crippen LogP contribution in [0.15, 0.2) is 53.3 Å². The van der Waals surface area contributed by atoms with Crippen LogP contribution in [-0.2, 0) is 0 Å². The van der Waals surface area contributed by atoms with Crippen molar-refractivity contribution in [3.8, 4) is 0 Å². The molecule has 3 aromatic rings. The molecule has 0 saturated heterocycles. The number of para-hydroxylation sites is 1. The van der Waals surface area contributed by atoms with Crippen LogP contribution in [0, 0.1) is 13.8 Å². The summed E-state index contributed by atoms with van der Waals surface area (Å²) in [6.07, 6.45) is 2.97. The molecule has 0 amide bonds. The highest BCUT2D eigenvalue weighted by Gasteiger charge is 2.06. The lowest BCUT2D eigenvalue weighted by molar-refractivity contribution is 0.104. The Hall–Kier alpha value is -3.01. The van der Waals surface area contributed by atoms with Gasteiger partial charge in [-0.3, -0.25) is 9.59 Å². The van der Waals surface area contributed by atoms with Crippen LogP contribution in [0.4, 0.5) is 0 Å². The van der Waals surface area contributed by atoms with Crippen molar-refractivity contribution in [2.75, 3.05) is 0 Å². The number of ketones is 1. The molecule has 4 nitrogen and oxygen atoms in total. The third-order valence-electron chi connectivity index (χ3n) is 3.67. The lowest BCUT2D eigenvalue weighted by Gasteiger charge is -2.03. The third kappa shape index (κ3) is 3.11. The van der Waals surface area contributed by atoms with Crippen LogP contribution in [0.2, 0.25) is 0 Å². The minimum atomic E-state index is -0.214. The number of carbonyl (C=O) groups is 1. The molecule has 3 rings (SSSR count). The highest BCUT2D eigenvalue weighted by atomic mass is 16.1. The molecule has 114 valence electrons. The SMILES string of the molecule is Cc1ccc(C(=O)/C=C/c2nc3ccccc3c(=O)[nH]2)c(C)c1. The summed E-state index contributed by atoms with van der Waals surface area (Å²) >= 11 is 0. The summed E-state index contributed by atoms with van der Waals surface area (Å²) in [6.45, 7) is 3.89. The third-order valence-corrected chi connectivity index (χ3v) is 3.67. The molecule has 0 aliphatic rings. The molecular formula is C19H16N2O2. The van der Waals surface area contributed by atoms with Crippen LogP contribution < -0.4 is 5.56 Å². The van der Waals surface area contributed by atoms with E-state index in [9.17, 15) is 9.59 Å². The molecule has 2 aromatic carbocycles. The van der Waals surface area contributed by atoms with Crippen LogP contribution in [0.5, 0.6) is 0 Å². The van der Waals surface area contributed by atoms with Crippen molar-refractivity contribution in [1.29, 1.82) is 0 Å². The van der Waals surface area contributed by atoms with E-state index in [-0.39, 0.29) is 11.3 Å². The zero-order valence-corrected chi connectivity index (χ0v) is 13.0. The molecular weight excluding hydrogens is 288 g/mol. The molecule has 0 spiro atoms. The van der Waals surface area contributed by atoms with Crippen LogP contribution in [0.25, 0.3) is 17.0 Å². The second-order valence-electron chi connectivity index (χ2n) is 5.48. The first-order valence-corrected chi connectivity index (χ1v) is 7.33. The van der Waals surface area contributed by atoms with Gasteiger partial charge in [0, 0.05) is 5.56 Å². The van der Waals surface area contributed by atoms with Crippen molar-refractivity contribution in [2.45, 2.75) is 13.8 Å². The molecule has 23 heavy (non-hydrogen) atoms. The Kier molecular flexibility index (Phi) is 3.89. The molecule has 0 aliphatic heterocycles. The average molecular weight is 304 g/mol. The van der Waals surface area contributed by atoms with E-state index in [0.29, 0.717) is 22.3 Å². The average Bonchev–Trinajstić information content (AvgIpc) is 2.53. The van der Waals surface area contributed by atoms with Crippen molar-refractivity contribution in [2.24, 2.45) is 0 Å². The fourth-order valence-electron chi connectivity index (χ4n) is 2.52. The fourth-order valence-corrected chi connectivity index (χ4v) is 2.52. The number of carbonyl (C=O) groups excluding carboxylic acids is 1. The molecule has 4 heteroatoms. The van der Waals surface area contributed by atoms with Gasteiger partial charge in [0.15, 0.2) is 5.78 Å². The number of aromatic amines is 1. The number of aromatic nitrogens is 2. The second-order valence-corrected chi connectivity index (χ2v) is 5.48. The van der Waals surface area contributed by atoms with Crippen LogP contribution in [-0.4, -0.2) is 15.8 Å². The first-order valence-electron chi connectivity index (χ1n) is 7.33. The quantitative estimate of drug-likeness (QED) is 0.595. The van der Waals surface area contributed by atoms with Gasteiger partial charge in [-0.2, -0.15) is 0 Å². The molecule has 0 saturated carbocycles. The molecule has 0 atom stereocenters. The number of allylic oxidation sites excluding steroid dienone is 1. The monoisotopic (exact) mass is 304 g/mol. The van der Waals surface area contributed by atoms with E-state index in [2.05, 4.69) is 9.97 Å². The summed E-state index contributed by atoms with van der Waals surface area (Å²) in [7, 11) is 0. The Balaban J connectivity index is 1.93. The molecule has 1 heterocycles. The maximum Gasteiger partial charge on any atom is 0.259 e. The Morgan fingerprint density at radius 2 is 1.91 bits per heavy atom. The van der Waals surface area contributed by atoms with Crippen molar-refractivity contribution in [3.05, 3.63) is 81.4 Å². The van der Waals surface area contributed by atoms with Crippen molar-refractivity contribution >= 4 is 22.8 Å². The smallest absolute Gasteiger partial charge is 0.259 e. The van der Waals surface area contributed by atoms with Gasteiger partial charge in [-0.1, -0.05) is 35.9 Å². The summed E-state index contributed by atoms with van der Waals surface area (Å²) in [4.78, 5) is 31.3. The number of nitrogens with one attached hydrogen (secondary N) is 1. The van der Waals surface area contributed by atoms with Crippen LogP contribution in [0.3, 0.4) is 0 Å². The van der Waals surface area contributed by atoms with Gasteiger partial charge in [0.05, 0.1) is 10.9 Å². The zero-order chi connectivity index (χ0) is 16.4. The highest BCUT2D eigenvalue weighted by Crippen LogP contribution is 2.12. The van der Waals surface area contributed by atoms with Crippen molar-refractivity contribution < 1.29 is 4.79 Å². The number of benzene rings is 2. The van der Waals surface area contributed by atoms with E-state index in [1.165, 1.54) is 12.2 Å². The van der Waals surface area contributed by atoms with Gasteiger partial charge in [0.1, 0.15) is 5.82 Å². The normalized spacial score (nSPS) is 11.2. The summed E-state index contributed by atoms with van der Waals surface area (Å²) in [5.74, 6) is 0.255. The van der Waals surface area contributed by atoms with Crippen molar-refractivity contribution in [1.82, 2.24) is 9.97 Å². The number of rotatable bonds is 3. The maximum absolute atomic E-state index is 12.3. The zero-order valence-electron chi connectivity index (χ0n) is 13.0. The van der Waals surface area contributed by atoms with Gasteiger partial charge >= 0.3 is 0 Å². The molecule has 0 radical (unpaired) electrons. The van der Waals surface area contributed by atoms with Gasteiger partial charge in [0.2, 0.25) is 0 Å². The molecule has 1 N–H and O–H groups in total. The number of H-pyrrole nitrogens is 1. The summed E-state index contributed by atoms with van der Waals surface area (Å²) in [6, 6.07) is 12.8. The van der Waals surface area contributed by atoms with Gasteiger partial charge < -0.3 is 4.98 Å². The van der Waals surface area contributed by atoms with E-state index < -0.39 is 0 Å². The van der Waals surface area contributed by atoms with Crippen LogP contribution >= 0.6 is 0 Å². The predicted molar refractivity (Wildman–Crippen MR) is 91.6 cm³/mol. The van der Waals surface area contributed by atoms with E-state index in [0.717, 1.165) is 11.1 Å². The van der Waals surface area contributed by atoms with E-state index in [4.69, 9.17) is 0 Å². The predicted octanol–water partition coefficient (Wildman–Crippen LogP) is 3.44. The minimum absolute atomic E-state index is 0.113. The number of hydrogen-bond acceptors (Lipinski definition) is 3. The number of nitrogens with zero attached hydrogens (tertiary/aromatic N) is 1. The number of aryl methyl sites for hydroxylation is 2. The molecule has 0 bridgehead atoms. The second kappa shape index (κ2) is 6.01. The van der Waals surface area contributed by atoms with Gasteiger partial charge in [0.25, 0.3) is 5.56 Å². The lowest BCUT2D eigenvalue weighted by atomic mass is 10.0. The summed E-state index contributed by atoms with van der Waals surface area (Å²) in [5.41, 5.74) is 3.09. The Morgan fingerprint density at radius 1 is 1.13 bits per heavy atom. The van der Waals surface area contributed by atoms with E-state index in [1.807, 2.05) is 38.1 Å². The minimum Gasteiger partial charge on any atom is -0.306 e. The van der Waals surface area contributed by atoms with Gasteiger partial charge in [-0.15, -0.1) is 0 Å². The molecule has 0 unspecified atom stereocenters. The van der Waals surface area contributed by atoms with Gasteiger partial charge in [-0.05, 0) is 43.7 Å². The Labute approximate surface area is 133 Å². The van der Waals surface area contributed by atoms with E-state index in [1.54, 1.807) is 18.2 Å². The Bertz CT molecular complexity index is 984. The largest absolute Gasteiger partial charge is 0.306 e. The summed E-state index contributed by atoms with van der Waals surface area (Å²) in [5, 5.41) is 0.533. The molecule has 0 fully saturated rings. The summed E-state index contributed by atoms with van der Waals surface area (Å²) < 4.78 is 0. The van der Waals surface area contributed by atoms with E-state index >= 15 is 0 Å². The van der Waals surface area contributed by atoms with Crippen molar-refractivity contribution in [3.63, 3.8) is 0 Å². The fraction of sp³-hybridized carbons (Fsp3) is 0.105. The van der Waals surface area contributed by atoms with Crippen LogP contribution in [0.1, 0.15) is 27.3 Å². The molecule has 1 aromatic heterocycles. The lowest BCUT2D eigenvalue weighted by Crippen LogP contribution is -2.09. The topological polar surface area (TPSA) is 62.8 Å². The highest BCUT2D eigenvalue weighted by molar-refractivity contribution is 6.07. The number of hydrogen-bond donors (Lipinski definition) is 1.